The zero-order chi connectivity index (χ0) is 15.5. The number of carbonyl (C=O) groups excluding carboxylic acids is 2. The molecule has 1 aliphatic rings. The Balaban J connectivity index is 1.78. The van der Waals surface area contributed by atoms with Gasteiger partial charge in [0.05, 0.1) is 12.5 Å². The van der Waals surface area contributed by atoms with Gasteiger partial charge >= 0.3 is 0 Å². The Morgan fingerprint density at radius 2 is 2.23 bits per heavy atom. The molecular formula is C16H20N4O2. The maximum absolute atomic E-state index is 12.1. The number of H-pyrrole nitrogens is 1. The quantitative estimate of drug-likeness (QED) is 0.774. The molecule has 1 aromatic heterocycles. The summed E-state index contributed by atoms with van der Waals surface area (Å²) in [5.41, 5.74) is 2.14. The second-order valence-corrected chi connectivity index (χ2v) is 5.54. The van der Waals surface area contributed by atoms with Gasteiger partial charge in [0, 0.05) is 37.9 Å². The third kappa shape index (κ3) is 2.96. The predicted octanol–water partition coefficient (Wildman–Crippen LogP) is 0.604. The smallest absolute Gasteiger partial charge is 0.237 e. The van der Waals surface area contributed by atoms with Crippen LogP contribution in [-0.4, -0.2) is 47.9 Å². The van der Waals surface area contributed by atoms with Crippen LogP contribution in [0.1, 0.15) is 12.1 Å². The molecule has 6 nitrogen and oxygen atoms in total. The van der Waals surface area contributed by atoms with Crippen LogP contribution in [0.3, 0.4) is 0 Å². The third-order valence-electron chi connectivity index (χ3n) is 4.06. The maximum Gasteiger partial charge on any atom is 0.237 e. The number of para-hydroxylation sites is 1. The van der Waals surface area contributed by atoms with Crippen LogP contribution in [0.15, 0.2) is 30.3 Å². The van der Waals surface area contributed by atoms with Gasteiger partial charge in [-0.3, -0.25) is 14.5 Å². The summed E-state index contributed by atoms with van der Waals surface area (Å²) in [5, 5.41) is 6.57. The molecule has 0 bridgehead atoms. The first kappa shape index (κ1) is 14.6. The summed E-state index contributed by atoms with van der Waals surface area (Å²) in [5.74, 6) is -0.199. The fourth-order valence-electron chi connectivity index (χ4n) is 2.89. The van der Waals surface area contributed by atoms with Crippen LogP contribution in [0.4, 0.5) is 0 Å². The van der Waals surface area contributed by atoms with Crippen molar-refractivity contribution in [3.8, 4) is 0 Å². The van der Waals surface area contributed by atoms with Crippen molar-refractivity contribution in [1.29, 1.82) is 0 Å². The molecule has 1 atom stereocenters. The average Bonchev–Trinajstić information content (AvgIpc) is 2.92. The summed E-state index contributed by atoms with van der Waals surface area (Å²) >= 11 is 0. The van der Waals surface area contributed by atoms with E-state index in [0.29, 0.717) is 13.1 Å². The molecule has 2 aromatic rings. The molecule has 1 saturated heterocycles. The molecule has 0 unspecified atom stereocenters. The Hall–Kier alpha value is -2.34. The summed E-state index contributed by atoms with van der Waals surface area (Å²) < 4.78 is 0. The first-order valence-electron chi connectivity index (χ1n) is 7.46. The van der Waals surface area contributed by atoms with E-state index in [1.165, 1.54) is 0 Å². The summed E-state index contributed by atoms with van der Waals surface area (Å²) in [6, 6.07) is 9.76. The van der Waals surface area contributed by atoms with Crippen molar-refractivity contribution in [2.24, 2.45) is 0 Å². The van der Waals surface area contributed by atoms with Crippen LogP contribution < -0.4 is 10.6 Å². The van der Waals surface area contributed by atoms with Crippen LogP contribution in [0, 0.1) is 0 Å². The van der Waals surface area contributed by atoms with Gasteiger partial charge in [-0.1, -0.05) is 18.2 Å². The van der Waals surface area contributed by atoms with E-state index in [1.54, 1.807) is 7.05 Å². The molecule has 0 radical (unpaired) electrons. The molecule has 22 heavy (non-hydrogen) atoms. The summed E-state index contributed by atoms with van der Waals surface area (Å²) in [7, 11) is 1.59. The predicted molar refractivity (Wildman–Crippen MR) is 84.2 cm³/mol. The molecule has 1 aliphatic heterocycles. The fraction of sp³-hybridized carbons (Fsp3) is 0.375. The number of carbonyl (C=O) groups is 2. The number of hydrogen-bond donors (Lipinski definition) is 3. The van der Waals surface area contributed by atoms with Crippen LogP contribution in [-0.2, 0) is 16.1 Å². The first-order valence-corrected chi connectivity index (χ1v) is 7.46. The van der Waals surface area contributed by atoms with Gasteiger partial charge in [0.1, 0.15) is 0 Å². The van der Waals surface area contributed by atoms with Gasteiger partial charge in [-0.05, 0) is 17.5 Å². The summed E-state index contributed by atoms with van der Waals surface area (Å²) in [6.45, 7) is 1.98. The van der Waals surface area contributed by atoms with Crippen molar-refractivity contribution in [2.45, 2.75) is 19.0 Å². The van der Waals surface area contributed by atoms with Gasteiger partial charge in [0.2, 0.25) is 11.8 Å². The molecule has 0 spiro atoms. The van der Waals surface area contributed by atoms with E-state index in [2.05, 4.69) is 32.7 Å². The molecule has 1 aromatic carbocycles. The number of benzene rings is 1. The van der Waals surface area contributed by atoms with Crippen molar-refractivity contribution in [1.82, 2.24) is 20.5 Å². The lowest BCUT2D eigenvalue weighted by Gasteiger charge is -2.34. The number of amides is 2. The van der Waals surface area contributed by atoms with Crippen molar-refractivity contribution < 1.29 is 9.59 Å². The Kier molecular flexibility index (Phi) is 4.11. The number of rotatable bonds is 4. The van der Waals surface area contributed by atoms with E-state index in [1.807, 2.05) is 18.2 Å². The minimum Gasteiger partial charge on any atom is -0.359 e. The van der Waals surface area contributed by atoms with Gasteiger partial charge in [-0.15, -0.1) is 0 Å². The molecule has 116 valence electrons. The Morgan fingerprint density at radius 1 is 1.41 bits per heavy atom. The van der Waals surface area contributed by atoms with Gasteiger partial charge in [0.25, 0.3) is 0 Å². The van der Waals surface area contributed by atoms with Crippen LogP contribution in [0.5, 0.6) is 0 Å². The van der Waals surface area contributed by atoms with E-state index in [4.69, 9.17) is 0 Å². The van der Waals surface area contributed by atoms with E-state index < -0.39 is 6.04 Å². The number of fused-ring (bicyclic) bond motifs is 1. The van der Waals surface area contributed by atoms with Crippen molar-refractivity contribution in [3.63, 3.8) is 0 Å². The van der Waals surface area contributed by atoms with Crippen LogP contribution in [0.25, 0.3) is 10.9 Å². The summed E-state index contributed by atoms with van der Waals surface area (Å²) in [4.78, 5) is 29.1. The number of aromatic amines is 1. The molecule has 0 saturated carbocycles. The molecule has 3 N–H and O–H groups in total. The molecule has 6 heteroatoms. The lowest BCUT2D eigenvalue weighted by atomic mass is 10.1. The lowest BCUT2D eigenvalue weighted by molar-refractivity contribution is -0.134. The zero-order valence-electron chi connectivity index (χ0n) is 12.6. The average molecular weight is 300 g/mol. The number of hydrogen-bond acceptors (Lipinski definition) is 3. The number of aromatic nitrogens is 1. The second kappa shape index (κ2) is 6.19. The topological polar surface area (TPSA) is 77.2 Å². The van der Waals surface area contributed by atoms with Gasteiger partial charge in [0.15, 0.2) is 0 Å². The number of piperazine rings is 1. The highest BCUT2D eigenvalue weighted by molar-refractivity contribution is 5.88. The van der Waals surface area contributed by atoms with Gasteiger partial charge in [-0.2, -0.15) is 0 Å². The van der Waals surface area contributed by atoms with Crippen molar-refractivity contribution >= 4 is 22.7 Å². The van der Waals surface area contributed by atoms with Crippen LogP contribution in [0.2, 0.25) is 0 Å². The minimum atomic E-state index is -0.417. The Bertz CT molecular complexity index is 661. The minimum absolute atomic E-state index is 0.0778. The first-order chi connectivity index (χ1) is 10.7. The Morgan fingerprint density at radius 3 is 3.00 bits per heavy atom. The van der Waals surface area contributed by atoms with Crippen LogP contribution >= 0.6 is 0 Å². The van der Waals surface area contributed by atoms with Gasteiger partial charge < -0.3 is 15.6 Å². The fourth-order valence-corrected chi connectivity index (χ4v) is 2.89. The molecular weight excluding hydrogens is 280 g/mol. The van der Waals surface area contributed by atoms with E-state index >= 15 is 0 Å². The molecule has 0 aliphatic carbocycles. The Labute approximate surface area is 128 Å². The van der Waals surface area contributed by atoms with E-state index in [0.717, 1.165) is 23.1 Å². The standard InChI is InChI=1S/C16H20N4O2/c1-17-15(21)9-14-16(22)18-6-7-20(14)10-12-8-11-4-2-3-5-13(11)19-12/h2-5,8,14,19H,6-7,9-10H2,1H3,(H,17,21)(H,18,22)/t14-/m0/s1. The molecule has 3 rings (SSSR count). The SMILES string of the molecule is CNC(=O)C[C@H]1C(=O)NCCN1Cc1cc2ccccc2[nH]1. The molecule has 2 amide bonds. The normalized spacial score (nSPS) is 19.1. The summed E-state index contributed by atoms with van der Waals surface area (Å²) in [6.07, 6.45) is 0.183. The maximum atomic E-state index is 12.1. The zero-order valence-corrected chi connectivity index (χ0v) is 12.6. The largest absolute Gasteiger partial charge is 0.359 e. The van der Waals surface area contributed by atoms with Gasteiger partial charge in [-0.25, -0.2) is 0 Å². The van der Waals surface area contributed by atoms with Crippen molar-refractivity contribution in [3.05, 3.63) is 36.0 Å². The highest BCUT2D eigenvalue weighted by Crippen LogP contribution is 2.18. The molecule has 2 heterocycles. The van der Waals surface area contributed by atoms with E-state index in [9.17, 15) is 9.59 Å². The highest BCUT2D eigenvalue weighted by Gasteiger charge is 2.31. The number of nitrogens with zero attached hydrogens (tertiary/aromatic N) is 1. The molecule has 1 fully saturated rings. The monoisotopic (exact) mass is 300 g/mol. The lowest BCUT2D eigenvalue weighted by Crippen LogP contribution is -2.56. The third-order valence-corrected chi connectivity index (χ3v) is 4.06. The van der Waals surface area contributed by atoms with Crippen molar-refractivity contribution in [2.75, 3.05) is 20.1 Å². The van der Waals surface area contributed by atoms with E-state index in [-0.39, 0.29) is 18.2 Å². The highest BCUT2D eigenvalue weighted by atomic mass is 16.2. The second-order valence-electron chi connectivity index (χ2n) is 5.54. The number of nitrogens with one attached hydrogen (secondary N) is 3.